The van der Waals surface area contributed by atoms with Gasteiger partial charge in [0.2, 0.25) is 0 Å². The van der Waals surface area contributed by atoms with E-state index < -0.39 is 0 Å². The molecule has 0 aromatic heterocycles. The number of rotatable bonds is 3. The number of nitrogen functional groups attached to an aromatic ring is 1. The van der Waals surface area contributed by atoms with Gasteiger partial charge in [-0.1, -0.05) is 17.7 Å². The predicted molar refractivity (Wildman–Crippen MR) is 84.5 cm³/mol. The lowest BCUT2D eigenvalue weighted by molar-refractivity contribution is 0.102. The number of nitrogens with two attached hydrogens (primary N) is 1. The molecule has 104 valence electrons. The Bertz CT molecular complexity index is 662. The number of ether oxygens (including phenoxy) is 1. The molecule has 1 amide bonds. The minimum atomic E-state index is -0.301. The van der Waals surface area contributed by atoms with Crippen molar-refractivity contribution in [3.63, 3.8) is 0 Å². The predicted octanol–water partition coefficient (Wildman–Crippen LogP) is 3.95. The highest BCUT2D eigenvalue weighted by molar-refractivity contribution is 9.10. The van der Waals surface area contributed by atoms with Gasteiger partial charge < -0.3 is 15.8 Å². The molecule has 0 atom stereocenters. The molecule has 4 nitrogen and oxygen atoms in total. The summed E-state index contributed by atoms with van der Waals surface area (Å²) in [6, 6.07) is 10.1. The van der Waals surface area contributed by atoms with E-state index in [1.165, 1.54) is 7.11 Å². The first kappa shape index (κ1) is 14.7. The van der Waals surface area contributed by atoms with Crippen LogP contribution in [0.5, 0.6) is 5.75 Å². The summed E-state index contributed by atoms with van der Waals surface area (Å²) < 4.78 is 5.74. The van der Waals surface area contributed by atoms with Crippen molar-refractivity contribution in [3.8, 4) is 5.75 Å². The third kappa shape index (κ3) is 3.05. The monoisotopic (exact) mass is 354 g/mol. The average Bonchev–Trinajstić information content (AvgIpc) is 2.42. The summed E-state index contributed by atoms with van der Waals surface area (Å²) in [5, 5.41) is 3.26. The second kappa shape index (κ2) is 6.15. The molecule has 0 heterocycles. The Morgan fingerprint density at radius 1 is 1.35 bits per heavy atom. The number of hydrogen-bond donors (Lipinski definition) is 2. The normalized spacial score (nSPS) is 10.2. The number of amides is 1. The molecular formula is C14H12BrClN2O2. The third-order valence-corrected chi connectivity index (χ3v) is 3.80. The van der Waals surface area contributed by atoms with E-state index in [1.807, 2.05) is 0 Å². The zero-order valence-electron chi connectivity index (χ0n) is 10.6. The molecule has 0 bridgehead atoms. The van der Waals surface area contributed by atoms with Gasteiger partial charge in [0.15, 0.2) is 0 Å². The lowest BCUT2D eigenvalue weighted by Gasteiger charge is -2.12. The third-order valence-electron chi connectivity index (χ3n) is 2.68. The van der Waals surface area contributed by atoms with Gasteiger partial charge in [0.25, 0.3) is 5.91 Å². The van der Waals surface area contributed by atoms with E-state index in [0.717, 1.165) is 0 Å². The van der Waals surface area contributed by atoms with Crippen LogP contribution in [0.15, 0.2) is 40.9 Å². The summed E-state index contributed by atoms with van der Waals surface area (Å²) in [6.45, 7) is 0. The number of anilines is 2. The van der Waals surface area contributed by atoms with Crippen molar-refractivity contribution in [2.24, 2.45) is 0 Å². The quantitative estimate of drug-likeness (QED) is 0.820. The van der Waals surface area contributed by atoms with Gasteiger partial charge in [-0.15, -0.1) is 0 Å². The highest BCUT2D eigenvalue weighted by atomic mass is 79.9. The number of nitrogens with one attached hydrogen (secondary N) is 1. The van der Waals surface area contributed by atoms with Crippen LogP contribution < -0.4 is 15.8 Å². The number of carbonyl (C=O) groups excluding carboxylic acids is 1. The second-order valence-corrected chi connectivity index (χ2v) is 5.24. The molecule has 0 fully saturated rings. The Kier molecular flexibility index (Phi) is 4.52. The maximum absolute atomic E-state index is 12.3. The highest BCUT2D eigenvalue weighted by Gasteiger charge is 2.14. The fourth-order valence-corrected chi connectivity index (χ4v) is 2.31. The summed E-state index contributed by atoms with van der Waals surface area (Å²) in [7, 11) is 1.52. The number of methoxy groups -OCH3 is 1. The molecule has 6 heteroatoms. The first-order valence-corrected chi connectivity index (χ1v) is 6.89. The molecule has 20 heavy (non-hydrogen) atoms. The van der Waals surface area contributed by atoms with Crippen molar-refractivity contribution in [2.45, 2.75) is 0 Å². The van der Waals surface area contributed by atoms with Gasteiger partial charge in [0.05, 0.1) is 22.8 Å². The molecule has 2 rings (SSSR count). The number of hydrogen-bond acceptors (Lipinski definition) is 3. The summed E-state index contributed by atoms with van der Waals surface area (Å²) in [5.41, 5.74) is 7.19. The lowest BCUT2D eigenvalue weighted by atomic mass is 10.2. The first-order chi connectivity index (χ1) is 9.52. The zero-order chi connectivity index (χ0) is 14.7. The van der Waals surface area contributed by atoms with Crippen molar-refractivity contribution in [1.29, 1.82) is 0 Å². The smallest absolute Gasteiger partial charge is 0.256 e. The fourth-order valence-electron chi connectivity index (χ4n) is 1.69. The maximum Gasteiger partial charge on any atom is 0.256 e. The first-order valence-electron chi connectivity index (χ1n) is 5.72. The molecule has 2 aromatic carbocycles. The van der Waals surface area contributed by atoms with Crippen LogP contribution in [0.3, 0.4) is 0 Å². The second-order valence-electron chi connectivity index (χ2n) is 4.01. The molecule has 0 aliphatic heterocycles. The van der Waals surface area contributed by atoms with E-state index in [4.69, 9.17) is 22.1 Å². The fraction of sp³-hybridized carbons (Fsp3) is 0.0714. The van der Waals surface area contributed by atoms with Crippen LogP contribution in [-0.4, -0.2) is 13.0 Å². The minimum absolute atomic E-state index is 0.301. The summed E-state index contributed by atoms with van der Waals surface area (Å²) in [5.74, 6) is 0.229. The van der Waals surface area contributed by atoms with Crippen LogP contribution in [-0.2, 0) is 0 Å². The van der Waals surface area contributed by atoms with E-state index >= 15 is 0 Å². The molecule has 0 aliphatic rings. The SMILES string of the molecule is COc1ccc(Cl)cc1NC(=O)c1cccc(N)c1Br. The Hall–Kier alpha value is -1.72. The highest BCUT2D eigenvalue weighted by Crippen LogP contribution is 2.29. The Morgan fingerprint density at radius 3 is 2.80 bits per heavy atom. The lowest BCUT2D eigenvalue weighted by Crippen LogP contribution is -2.13. The van der Waals surface area contributed by atoms with Crippen LogP contribution in [0.4, 0.5) is 11.4 Å². The van der Waals surface area contributed by atoms with Gasteiger partial charge in [0, 0.05) is 10.7 Å². The Labute approximate surface area is 130 Å². The Morgan fingerprint density at radius 2 is 2.10 bits per heavy atom. The van der Waals surface area contributed by atoms with E-state index in [2.05, 4.69) is 21.2 Å². The number of carbonyl (C=O) groups is 1. The number of benzene rings is 2. The van der Waals surface area contributed by atoms with Crippen molar-refractivity contribution in [3.05, 3.63) is 51.5 Å². The van der Waals surface area contributed by atoms with Crippen molar-refractivity contribution in [1.82, 2.24) is 0 Å². The van der Waals surface area contributed by atoms with Crippen LogP contribution >= 0.6 is 27.5 Å². The molecule has 0 saturated heterocycles. The minimum Gasteiger partial charge on any atom is -0.495 e. The van der Waals surface area contributed by atoms with Gasteiger partial charge in [-0.25, -0.2) is 0 Å². The molecule has 3 N–H and O–H groups in total. The van der Waals surface area contributed by atoms with Crippen molar-refractivity contribution >= 4 is 44.8 Å². The topological polar surface area (TPSA) is 64.3 Å². The molecule has 0 saturated carbocycles. The summed E-state index contributed by atoms with van der Waals surface area (Å²) in [6.07, 6.45) is 0. The average molecular weight is 356 g/mol. The Balaban J connectivity index is 2.32. The molecule has 2 aromatic rings. The van der Waals surface area contributed by atoms with E-state index in [-0.39, 0.29) is 5.91 Å². The maximum atomic E-state index is 12.3. The van der Waals surface area contributed by atoms with Crippen LogP contribution in [0.25, 0.3) is 0 Å². The molecule has 0 aliphatic carbocycles. The van der Waals surface area contributed by atoms with E-state index in [1.54, 1.807) is 36.4 Å². The van der Waals surface area contributed by atoms with Gasteiger partial charge in [-0.3, -0.25) is 4.79 Å². The molecular weight excluding hydrogens is 344 g/mol. The summed E-state index contributed by atoms with van der Waals surface area (Å²) >= 11 is 9.22. The van der Waals surface area contributed by atoms with Crippen LogP contribution in [0, 0.1) is 0 Å². The standard InChI is InChI=1S/C14H12BrClN2O2/c1-20-12-6-5-8(16)7-11(12)18-14(19)9-3-2-4-10(17)13(9)15/h2-7H,17H2,1H3,(H,18,19). The largest absolute Gasteiger partial charge is 0.495 e. The summed E-state index contributed by atoms with van der Waals surface area (Å²) in [4.78, 5) is 12.3. The van der Waals surface area contributed by atoms with Crippen molar-refractivity contribution in [2.75, 3.05) is 18.2 Å². The van der Waals surface area contributed by atoms with E-state index in [9.17, 15) is 4.79 Å². The molecule has 0 spiro atoms. The molecule has 0 radical (unpaired) electrons. The van der Waals surface area contributed by atoms with Gasteiger partial charge in [-0.05, 0) is 46.3 Å². The van der Waals surface area contributed by atoms with Crippen LogP contribution in [0.1, 0.15) is 10.4 Å². The van der Waals surface area contributed by atoms with Gasteiger partial charge in [0.1, 0.15) is 5.75 Å². The van der Waals surface area contributed by atoms with Crippen molar-refractivity contribution < 1.29 is 9.53 Å². The van der Waals surface area contributed by atoms with Gasteiger partial charge in [-0.2, -0.15) is 0 Å². The number of halogens is 2. The van der Waals surface area contributed by atoms with Crippen LogP contribution in [0.2, 0.25) is 5.02 Å². The van der Waals surface area contributed by atoms with Gasteiger partial charge >= 0.3 is 0 Å². The van der Waals surface area contributed by atoms with E-state index in [0.29, 0.717) is 32.2 Å². The zero-order valence-corrected chi connectivity index (χ0v) is 13.0. The molecule has 0 unspecified atom stereocenters.